The number of hydrogen-bond donors (Lipinski definition) is 1. The molecule has 0 saturated heterocycles. The van der Waals surface area contributed by atoms with Crippen LogP contribution in [0.5, 0.6) is 5.75 Å². The largest absolute Gasteiger partial charge is 0.482 e. The Labute approximate surface area is 190 Å². The molecule has 1 heterocycles. The SMILES string of the molecule is CC1(C)C(Oc2ccc(Cl)cc2[N+](=O)[O-])C1C(=O)OCc1[nH]ccc1Cc1ccccc1. The molecule has 7 nitrogen and oxygen atoms in total. The third-order valence-corrected chi connectivity index (χ3v) is 6.12. The number of nitro benzene ring substituents is 1. The van der Waals surface area contributed by atoms with Crippen molar-refractivity contribution in [1.29, 1.82) is 0 Å². The van der Waals surface area contributed by atoms with Gasteiger partial charge in [-0.15, -0.1) is 0 Å². The summed E-state index contributed by atoms with van der Waals surface area (Å²) in [6.07, 6.45) is 2.04. The van der Waals surface area contributed by atoms with Crippen molar-refractivity contribution in [1.82, 2.24) is 4.98 Å². The number of carbonyl (C=O) groups excluding carboxylic acids is 1. The van der Waals surface area contributed by atoms with Crippen LogP contribution in [0.3, 0.4) is 0 Å². The van der Waals surface area contributed by atoms with Gasteiger partial charge in [-0.2, -0.15) is 0 Å². The van der Waals surface area contributed by atoms with E-state index >= 15 is 0 Å². The molecule has 0 spiro atoms. The molecule has 0 amide bonds. The molecule has 1 fully saturated rings. The molecule has 2 atom stereocenters. The Morgan fingerprint density at radius 3 is 2.66 bits per heavy atom. The lowest BCUT2D eigenvalue weighted by Crippen LogP contribution is -2.13. The van der Waals surface area contributed by atoms with Crippen LogP contribution in [0, 0.1) is 21.4 Å². The van der Waals surface area contributed by atoms with E-state index in [1.807, 2.05) is 56.4 Å². The number of rotatable bonds is 8. The predicted octanol–water partition coefficient (Wildman–Crippen LogP) is 5.31. The molecule has 0 bridgehead atoms. The van der Waals surface area contributed by atoms with Crippen LogP contribution in [0.25, 0.3) is 0 Å². The average Bonchev–Trinajstić information content (AvgIpc) is 3.06. The van der Waals surface area contributed by atoms with E-state index in [1.165, 1.54) is 23.8 Å². The van der Waals surface area contributed by atoms with Gasteiger partial charge in [0.15, 0.2) is 5.75 Å². The monoisotopic (exact) mass is 454 g/mol. The predicted molar refractivity (Wildman–Crippen MR) is 120 cm³/mol. The molecule has 1 aliphatic carbocycles. The van der Waals surface area contributed by atoms with Crippen molar-refractivity contribution in [2.75, 3.05) is 0 Å². The quantitative estimate of drug-likeness (QED) is 0.282. The average molecular weight is 455 g/mol. The highest BCUT2D eigenvalue weighted by Gasteiger charge is 2.65. The number of hydrogen-bond acceptors (Lipinski definition) is 5. The summed E-state index contributed by atoms with van der Waals surface area (Å²) in [6.45, 7) is 3.87. The maximum atomic E-state index is 12.8. The summed E-state index contributed by atoms with van der Waals surface area (Å²) in [4.78, 5) is 26.7. The van der Waals surface area contributed by atoms with Gasteiger partial charge < -0.3 is 14.5 Å². The van der Waals surface area contributed by atoms with Gasteiger partial charge in [0.05, 0.1) is 10.6 Å². The first-order valence-electron chi connectivity index (χ1n) is 10.2. The highest BCUT2D eigenvalue weighted by atomic mass is 35.5. The standard InChI is InChI=1S/C24H23ClN2O5/c1-24(2)21(22(24)32-20-9-8-17(25)13-19(20)27(29)30)23(28)31-14-18-16(10-11-26-18)12-15-6-4-3-5-7-15/h3-11,13,21-22,26H,12,14H2,1-2H3. The molecule has 4 rings (SSSR count). The molecule has 32 heavy (non-hydrogen) atoms. The Bertz CT molecular complexity index is 1140. The third kappa shape index (κ3) is 4.48. The van der Waals surface area contributed by atoms with Crippen molar-refractivity contribution >= 4 is 23.3 Å². The lowest BCUT2D eigenvalue weighted by molar-refractivity contribution is -0.386. The number of esters is 1. The second-order valence-electron chi connectivity index (χ2n) is 8.46. The number of carbonyl (C=O) groups is 1. The lowest BCUT2D eigenvalue weighted by atomic mass is 10.1. The van der Waals surface area contributed by atoms with Gasteiger partial charge in [-0.25, -0.2) is 0 Å². The Hall–Kier alpha value is -3.32. The fraction of sp³-hybridized carbons (Fsp3) is 0.292. The van der Waals surface area contributed by atoms with Crippen LogP contribution in [-0.4, -0.2) is 22.0 Å². The Morgan fingerprint density at radius 2 is 1.94 bits per heavy atom. The van der Waals surface area contributed by atoms with E-state index in [0.717, 1.165) is 17.7 Å². The number of benzene rings is 2. The first-order valence-corrected chi connectivity index (χ1v) is 10.6. The number of halogens is 1. The van der Waals surface area contributed by atoms with Crippen molar-refractivity contribution < 1.29 is 19.2 Å². The number of nitrogens with one attached hydrogen (secondary N) is 1. The highest BCUT2D eigenvalue weighted by molar-refractivity contribution is 6.30. The number of H-pyrrole nitrogens is 1. The molecule has 1 saturated carbocycles. The first-order chi connectivity index (χ1) is 15.3. The number of aromatic amines is 1. The summed E-state index contributed by atoms with van der Waals surface area (Å²) in [5.74, 6) is -0.829. The van der Waals surface area contributed by atoms with Crippen molar-refractivity contribution in [2.45, 2.75) is 33.0 Å². The molecule has 8 heteroatoms. The minimum absolute atomic E-state index is 0.0855. The molecule has 2 aromatic carbocycles. The molecule has 0 aliphatic heterocycles. The summed E-state index contributed by atoms with van der Waals surface area (Å²) in [6, 6.07) is 16.2. The van der Waals surface area contributed by atoms with E-state index in [2.05, 4.69) is 4.98 Å². The second kappa shape index (κ2) is 8.67. The second-order valence-corrected chi connectivity index (χ2v) is 8.89. The van der Waals surface area contributed by atoms with Crippen LogP contribution in [-0.2, 0) is 22.6 Å². The van der Waals surface area contributed by atoms with Crippen molar-refractivity contribution in [2.24, 2.45) is 11.3 Å². The summed E-state index contributed by atoms with van der Waals surface area (Å²) in [7, 11) is 0. The Morgan fingerprint density at radius 1 is 1.19 bits per heavy atom. The Kier molecular flexibility index (Phi) is 5.93. The molecule has 1 aromatic heterocycles. The van der Waals surface area contributed by atoms with Crippen LogP contribution in [0.1, 0.15) is 30.7 Å². The fourth-order valence-corrected chi connectivity index (χ4v) is 4.06. The minimum atomic E-state index is -0.552. The number of aromatic nitrogens is 1. The summed E-state index contributed by atoms with van der Waals surface area (Å²) in [5, 5.41) is 11.6. The number of nitro groups is 1. The van der Waals surface area contributed by atoms with E-state index in [-0.39, 0.29) is 23.1 Å². The van der Waals surface area contributed by atoms with E-state index in [4.69, 9.17) is 21.1 Å². The van der Waals surface area contributed by atoms with Gasteiger partial charge in [-0.3, -0.25) is 14.9 Å². The van der Waals surface area contributed by atoms with Gasteiger partial charge in [0.1, 0.15) is 18.6 Å². The number of ether oxygens (including phenoxy) is 2. The Balaban J connectivity index is 1.40. The summed E-state index contributed by atoms with van der Waals surface area (Å²) < 4.78 is 11.4. The highest BCUT2D eigenvalue weighted by Crippen LogP contribution is 2.55. The number of nitrogens with zero attached hydrogens (tertiary/aromatic N) is 1. The van der Waals surface area contributed by atoms with E-state index in [9.17, 15) is 14.9 Å². The van der Waals surface area contributed by atoms with Gasteiger partial charge in [-0.1, -0.05) is 55.8 Å². The zero-order chi connectivity index (χ0) is 22.9. The van der Waals surface area contributed by atoms with Gasteiger partial charge in [0.2, 0.25) is 0 Å². The van der Waals surface area contributed by atoms with Crippen LogP contribution in [0.4, 0.5) is 5.69 Å². The third-order valence-electron chi connectivity index (χ3n) is 5.88. The van der Waals surface area contributed by atoms with E-state index < -0.39 is 28.3 Å². The normalized spacial score (nSPS) is 18.7. The molecular weight excluding hydrogens is 432 g/mol. The molecule has 2 unspecified atom stereocenters. The minimum Gasteiger partial charge on any atom is -0.482 e. The first kappa shape index (κ1) is 21.9. The summed E-state index contributed by atoms with van der Waals surface area (Å²) >= 11 is 5.87. The van der Waals surface area contributed by atoms with Crippen LogP contribution in [0.2, 0.25) is 5.02 Å². The van der Waals surface area contributed by atoms with Crippen molar-refractivity contribution in [3.8, 4) is 5.75 Å². The van der Waals surface area contributed by atoms with Crippen LogP contribution >= 0.6 is 11.6 Å². The van der Waals surface area contributed by atoms with Crippen molar-refractivity contribution in [3.63, 3.8) is 0 Å². The molecule has 0 radical (unpaired) electrons. The van der Waals surface area contributed by atoms with Crippen LogP contribution < -0.4 is 4.74 Å². The van der Waals surface area contributed by atoms with Gasteiger partial charge in [-0.05, 0) is 35.7 Å². The van der Waals surface area contributed by atoms with Gasteiger partial charge >= 0.3 is 11.7 Å². The lowest BCUT2D eigenvalue weighted by Gasteiger charge is -2.08. The smallest absolute Gasteiger partial charge is 0.313 e. The topological polar surface area (TPSA) is 94.5 Å². The maximum absolute atomic E-state index is 12.8. The molecule has 1 N–H and O–H groups in total. The van der Waals surface area contributed by atoms with E-state index in [0.29, 0.717) is 0 Å². The van der Waals surface area contributed by atoms with Crippen LogP contribution in [0.15, 0.2) is 60.8 Å². The fourth-order valence-electron chi connectivity index (χ4n) is 3.89. The molecule has 1 aliphatic rings. The zero-order valence-electron chi connectivity index (χ0n) is 17.7. The van der Waals surface area contributed by atoms with Gasteiger partial charge in [0.25, 0.3) is 0 Å². The van der Waals surface area contributed by atoms with E-state index in [1.54, 1.807) is 0 Å². The molecular formula is C24H23ClN2O5. The van der Waals surface area contributed by atoms with Crippen molar-refractivity contribution in [3.05, 3.63) is 92.8 Å². The molecule has 3 aromatic rings. The van der Waals surface area contributed by atoms with Gasteiger partial charge in [0, 0.05) is 22.7 Å². The molecule has 166 valence electrons. The zero-order valence-corrected chi connectivity index (χ0v) is 18.5. The summed E-state index contributed by atoms with van der Waals surface area (Å²) in [5.41, 5.74) is 2.33. The maximum Gasteiger partial charge on any atom is 0.313 e.